The van der Waals surface area contributed by atoms with E-state index in [4.69, 9.17) is 5.73 Å². The highest BCUT2D eigenvalue weighted by atomic mass is 32.1. The number of carbonyl (C=O) groups excluding carboxylic acids is 1. The van der Waals surface area contributed by atoms with Crippen LogP contribution in [-0.2, 0) is 0 Å². The van der Waals surface area contributed by atoms with Crippen LogP contribution in [0.2, 0.25) is 0 Å². The van der Waals surface area contributed by atoms with E-state index in [0.29, 0.717) is 15.8 Å². The van der Waals surface area contributed by atoms with Gasteiger partial charge in [-0.15, -0.1) is 0 Å². The second-order valence-electron chi connectivity index (χ2n) is 4.90. The van der Waals surface area contributed by atoms with Gasteiger partial charge in [0.15, 0.2) is 5.13 Å². The molecular formula is C13H24N4OS. The highest BCUT2D eigenvalue weighted by Crippen LogP contribution is 2.25. The molecule has 0 aromatic carbocycles. The largest absolute Gasteiger partial charge is 0.382 e. The second kappa shape index (κ2) is 7.33. The monoisotopic (exact) mass is 284 g/mol. The predicted molar refractivity (Wildman–Crippen MR) is 81.7 cm³/mol. The van der Waals surface area contributed by atoms with Crippen molar-refractivity contribution in [3.05, 3.63) is 4.88 Å². The topological polar surface area (TPSA) is 80.0 Å². The zero-order valence-corrected chi connectivity index (χ0v) is 12.9. The van der Waals surface area contributed by atoms with E-state index in [-0.39, 0.29) is 18.0 Å². The van der Waals surface area contributed by atoms with Crippen LogP contribution in [0.15, 0.2) is 0 Å². The van der Waals surface area contributed by atoms with Crippen LogP contribution in [0.1, 0.15) is 56.6 Å². The lowest BCUT2D eigenvalue weighted by atomic mass is 10.1. The number of rotatable bonds is 7. The summed E-state index contributed by atoms with van der Waals surface area (Å²) in [5.74, 6) is 0.184. The van der Waals surface area contributed by atoms with Gasteiger partial charge in [0.05, 0.1) is 0 Å². The van der Waals surface area contributed by atoms with Crippen molar-refractivity contribution in [1.29, 1.82) is 0 Å². The number of thiazole rings is 1. The summed E-state index contributed by atoms with van der Waals surface area (Å²) in [6.45, 7) is 8.22. The third-order valence-corrected chi connectivity index (χ3v) is 3.74. The van der Waals surface area contributed by atoms with Gasteiger partial charge in [-0.2, -0.15) is 0 Å². The van der Waals surface area contributed by atoms with E-state index in [9.17, 15) is 4.79 Å². The Morgan fingerprint density at radius 3 is 2.63 bits per heavy atom. The Morgan fingerprint density at radius 2 is 2.11 bits per heavy atom. The van der Waals surface area contributed by atoms with Crippen molar-refractivity contribution in [2.24, 2.45) is 0 Å². The van der Waals surface area contributed by atoms with Gasteiger partial charge in [-0.1, -0.05) is 31.6 Å². The molecule has 1 unspecified atom stereocenters. The van der Waals surface area contributed by atoms with Crippen molar-refractivity contribution in [3.63, 3.8) is 0 Å². The second-order valence-corrected chi connectivity index (χ2v) is 5.90. The minimum Gasteiger partial charge on any atom is -0.382 e. The number of hydrogen-bond donors (Lipinski definition) is 3. The van der Waals surface area contributed by atoms with Gasteiger partial charge in [-0.25, -0.2) is 4.98 Å². The molecule has 108 valence electrons. The highest BCUT2D eigenvalue weighted by molar-refractivity contribution is 7.18. The average molecular weight is 284 g/mol. The summed E-state index contributed by atoms with van der Waals surface area (Å²) >= 11 is 1.31. The summed E-state index contributed by atoms with van der Waals surface area (Å²) in [6, 6.07) is 0.477. The highest BCUT2D eigenvalue weighted by Gasteiger charge is 2.18. The van der Waals surface area contributed by atoms with E-state index in [1.54, 1.807) is 0 Å². The third kappa shape index (κ3) is 4.70. The van der Waals surface area contributed by atoms with Gasteiger partial charge in [0.1, 0.15) is 10.7 Å². The molecule has 0 aliphatic carbocycles. The van der Waals surface area contributed by atoms with Gasteiger partial charge in [0, 0.05) is 12.1 Å². The molecule has 0 radical (unpaired) electrons. The number of hydrogen-bond acceptors (Lipinski definition) is 5. The fourth-order valence-corrected chi connectivity index (χ4v) is 2.71. The van der Waals surface area contributed by atoms with Crippen LogP contribution >= 0.6 is 11.3 Å². The Kier molecular flexibility index (Phi) is 6.08. The number of carbonyl (C=O) groups is 1. The first-order valence-corrected chi connectivity index (χ1v) is 7.63. The summed E-state index contributed by atoms with van der Waals surface area (Å²) in [7, 11) is 0. The normalized spacial score (nSPS) is 12.5. The van der Waals surface area contributed by atoms with Gasteiger partial charge in [0.25, 0.3) is 5.91 Å². The molecule has 0 spiro atoms. The maximum absolute atomic E-state index is 12.2. The molecule has 0 saturated carbocycles. The molecule has 0 aliphatic rings. The third-order valence-electron chi connectivity index (χ3n) is 2.74. The molecule has 1 atom stereocenters. The number of anilines is 2. The lowest BCUT2D eigenvalue weighted by molar-refractivity contribution is 0.0938. The molecule has 4 N–H and O–H groups in total. The number of nitrogen functional groups attached to an aromatic ring is 1. The molecule has 1 amide bonds. The predicted octanol–water partition coefficient (Wildman–Crippen LogP) is 2.85. The number of nitrogens with two attached hydrogens (primary N) is 1. The Balaban J connectivity index is 2.73. The Labute approximate surface area is 119 Å². The lowest BCUT2D eigenvalue weighted by Crippen LogP contribution is -2.34. The molecule has 0 fully saturated rings. The Bertz CT molecular complexity index is 417. The van der Waals surface area contributed by atoms with Crippen molar-refractivity contribution in [2.75, 3.05) is 11.1 Å². The molecule has 1 rings (SSSR count). The molecule has 1 aromatic rings. The van der Waals surface area contributed by atoms with Gasteiger partial charge in [-0.3, -0.25) is 4.79 Å². The first-order valence-electron chi connectivity index (χ1n) is 6.81. The van der Waals surface area contributed by atoms with Gasteiger partial charge in [0.2, 0.25) is 0 Å². The molecule has 0 bridgehead atoms. The fourth-order valence-electron chi connectivity index (χ4n) is 1.78. The van der Waals surface area contributed by atoms with E-state index >= 15 is 0 Å². The number of nitrogens with zero attached hydrogens (tertiary/aromatic N) is 1. The number of nitrogens with one attached hydrogen (secondary N) is 2. The van der Waals surface area contributed by atoms with E-state index in [2.05, 4.69) is 29.5 Å². The summed E-state index contributed by atoms with van der Waals surface area (Å²) in [4.78, 5) is 16.8. The first-order chi connectivity index (χ1) is 8.97. The SMILES string of the molecule is CCCC(CC)NC(=O)c1sc(NC(C)C)nc1N. The molecule has 0 saturated heterocycles. The van der Waals surface area contributed by atoms with Crippen LogP contribution in [0, 0.1) is 0 Å². The zero-order valence-electron chi connectivity index (χ0n) is 12.1. The minimum atomic E-state index is -0.118. The standard InChI is InChI=1S/C13H24N4OS/c1-5-7-9(6-2)16-12(18)10-11(14)17-13(19-10)15-8(3)4/h8-9H,5-7,14H2,1-4H3,(H,15,17)(H,16,18). The summed E-state index contributed by atoms with van der Waals surface area (Å²) in [5, 5.41) is 6.87. The van der Waals surface area contributed by atoms with Crippen LogP contribution in [0.5, 0.6) is 0 Å². The van der Waals surface area contributed by atoms with Gasteiger partial charge < -0.3 is 16.4 Å². The fraction of sp³-hybridized carbons (Fsp3) is 0.692. The summed E-state index contributed by atoms with van der Waals surface area (Å²) < 4.78 is 0. The maximum Gasteiger partial charge on any atom is 0.265 e. The van der Waals surface area contributed by atoms with E-state index in [1.165, 1.54) is 11.3 Å². The number of aromatic nitrogens is 1. The Morgan fingerprint density at radius 1 is 1.42 bits per heavy atom. The van der Waals surface area contributed by atoms with Crippen LogP contribution in [0.4, 0.5) is 10.9 Å². The smallest absolute Gasteiger partial charge is 0.265 e. The van der Waals surface area contributed by atoms with E-state index in [1.807, 2.05) is 13.8 Å². The molecular weight excluding hydrogens is 260 g/mol. The molecule has 0 aliphatic heterocycles. The zero-order chi connectivity index (χ0) is 14.4. The van der Waals surface area contributed by atoms with Crippen molar-refractivity contribution in [2.45, 2.75) is 59.0 Å². The average Bonchev–Trinajstić information content (AvgIpc) is 2.68. The summed E-state index contributed by atoms with van der Waals surface area (Å²) in [5.41, 5.74) is 5.81. The van der Waals surface area contributed by atoms with Crippen molar-refractivity contribution < 1.29 is 4.79 Å². The molecule has 6 heteroatoms. The van der Waals surface area contributed by atoms with E-state index < -0.39 is 0 Å². The van der Waals surface area contributed by atoms with Crippen molar-refractivity contribution >= 4 is 28.2 Å². The molecule has 1 heterocycles. The quantitative estimate of drug-likeness (QED) is 0.719. The molecule has 5 nitrogen and oxygen atoms in total. The van der Waals surface area contributed by atoms with Crippen molar-refractivity contribution in [1.82, 2.24) is 10.3 Å². The first kappa shape index (κ1) is 15.8. The minimum absolute atomic E-state index is 0.118. The van der Waals surface area contributed by atoms with Crippen LogP contribution in [0.3, 0.4) is 0 Å². The van der Waals surface area contributed by atoms with Crippen molar-refractivity contribution in [3.8, 4) is 0 Å². The van der Waals surface area contributed by atoms with Crippen LogP contribution in [-0.4, -0.2) is 23.0 Å². The number of amides is 1. The van der Waals surface area contributed by atoms with Crippen LogP contribution < -0.4 is 16.4 Å². The lowest BCUT2D eigenvalue weighted by Gasteiger charge is -2.15. The van der Waals surface area contributed by atoms with E-state index in [0.717, 1.165) is 19.3 Å². The van der Waals surface area contributed by atoms with Crippen LogP contribution in [0.25, 0.3) is 0 Å². The van der Waals surface area contributed by atoms with Gasteiger partial charge in [-0.05, 0) is 26.7 Å². The van der Waals surface area contributed by atoms with Gasteiger partial charge >= 0.3 is 0 Å². The maximum atomic E-state index is 12.2. The summed E-state index contributed by atoms with van der Waals surface area (Å²) in [6.07, 6.45) is 2.96. The molecule has 1 aromatic heterocycles. The Hall–Kier alpha value is -1.30. The molecule has 19 heavy (non-hydrogen) atoms.